The molecule has 0 spiro atoms. The molecule has 2 unspecified atom stereocenters. The number of primary amides is 1. The number of amides is 4. The highest BCUT2D eigenvalue weighted by Gasteiger charge is 2.42. The number of hydrogen-bond acceptors (Lipinski definition) is 5. The molecule has 0 bridgehead atoms. The monoisotopic (exact) mass is 518 g/mol. The van der Waals surface area contributed by atoms with E-state index in [4.69, 9.17) is 10.5 Å². The van der Waals surface area contributed by atoms with Crippen molar-refractivity contribution in [1.29, 1.82) is 0 Å². The molecule has 0 aliphatic rings. The van der Waals surface area contributed by atoms with Gasteiger partial charge in [0.25, 0.3) is 0 Å². The van der Waals surface area contributed by atoms with Crippen molar-refractivity contribution in [1.82, 2.24) is 15.5 Å². The van der Waals surface area contributed by atoms with E-state index in [1.165, 1.54) is 4.90 Å². The van der Waals surface area contributed by atoms with E-state index in [1.54, 1.807) is 20.8 Å². The zero-order valence-corrected chi connectivity index (χ0v) is 24.0. The molecule has 1 aromatic carbocycles. The topological polar surface area (TPSA) is 131 Å². The molecule has 2 atom stereocenters. The van der Waals surface area contributed by atoms with Gasteiger partial charge in [0.1, 0.15) is 17.7 Å². The number of carbonyl (C=O) groups excluding carboxylic acids is 4. The van der Waals surface area contributed by atoms with Crippen molar-refractivity contribution in [3.63, 3.8) is 0 Å². The summed E-state index contributed by atoms with van der Waals surface area (Å²) in [5.74, 6) is -1.42. The van der Waals surface area contributed by atoms with E-state index in [0.717, 1.165) is 24.0 Å². The molecule has 0 fully saturated rings. The Kier molecular flexibility index (Phi) is 11.6. The number of nitrogens with zero attached hydrogens (tertiary/aromatic N) is 1. The Labute approximate surface area is 221 Å². The Balaban J connectivity index is 3.60. The smallest absolute Gasteiger partial charge is 0.408 e. The summed E-state index contributed by atoms with van der Waals surface area (Å²) < 4.78 is 5.36. The second-order valence-corrected chi connectivity index (χ2v) is 11.5. The quantitative estimate of drug-likeness (QED) is 0.381. The second kappa shape index (κ2) is 13.4. The van der Waals surface area contributed by atoms with E-state index in [1.807, 2.05) is 59.7 Å². The minimum absolute atomic E-state index is 0.0307. The van der Waals surface area contributed by atoms with Crippen LogP contribution in [0.2, 0.25) is 0 Å². The Hall–Kier alpha value is -3.10. The molecule has 9 nitrogen and oxygen atoms in total. The van der Waals surface area contributed by atoms with Crippen LogP contribution in [0.5, 0.6) is 0 Å². The third kappa shape index (κ3) is 10.4. The Bertz CT molecular complexity index is 962. The van der Waals surface area contributed by atoms with Crippen LogP contribution >= 0.6 is 0 Å². The number of rotatable bonds is 11. The number of carbonyl (C=O) groups is 4. The first-order valence-electron chi connectivity index (χ1n) is 12.9. The highest BCUT2D eigenvalue weighted by atomic mass is 16.6. The number of nitrogens with two attached hydrogens (primary N) is 1. The van der Waals surface area contributed by atoms with Gasteiger partial charge in [-0.3, -0.25) is 14.4 Å². The molecule has 1 aromatic rings. The average Bonchev–Trinajstić information content (AvgIpc) is 2.72. The maximum absolute atomic E-state index is 14.2. The first-order chi connectivity index (χ1) is 17.0. The Morgan fingerprint density at radius 2 is 1.68 bits per heavy atom. The third-order valence-electron chi connectivity index (χ3n) is 5.68. The largest absolute Gasteiger partial charge is 0.444 e. The molecule has 0 radical (unpaired) electrons. The maximum Gasteiger partial charge on any atom is 0.408 e. The summed E-state index contributed by atoms with van der Waals surface area (Å²) in [6, 6.07) is 3.65. The molecule has 0 saturated heterocycles. The van der Waals surface area contributed by atoms with Crippen molar-refractivity contribution < 1.29 is 23.9 Å². The fourth-order valence-electron chi connectivity index (χ4n) is 4.02. The van der Waals surface area contributed by atoms with Crippen molar-refractivity contribution in [3.8, 4) is 0 Å². The zero-order valence-electron chi connectivity index (χ0n) is 24.0. The number of nitrogens with one attached hydrogen (secondary N) is 2. The van der Waals surface area contributed by atoms with Gasteiger partial charge in [-0.15, -0.1) is 0 Å². The molecule has 37 heavy (non-hydrogen) atoms. The Morgan fingerprint density at radius 3 is 2.16 bits per heavy atom. The molecule has 0 aliphatic heterocycles. The van der Waals surface area contributed by atoms with Gasteiger partial charge in [0.15, 0.2) is 0 Å². The van der Waals surface area contributed by atoms with Crippen LogP contribution in [0.1, 0.15) is 96.9 Å². The maximum atomic E-state index is 14.2. The molecule has 1 rings (SSSR count). The van der Waals surface area contributed by atoms with E-state index >= 15 is 0 Å². The number of unbranched alkanes of at least 4 members (excludes halogenated alkanes) is 1. The number of ether oxygens (including phenoxy) is 1. The molecular formula is C28H46N4O5. The van der Waals surface area contributed by atoms with Gasteiger partial charge >= 0.3 is 6.09 Å². The first-order valence-corrected chi connectivity index (χ1v) is 12.9. The zero-order chi connectivity index (χ0) is 28.6. The fraction of sp³-hybridized carbons (Fsp3) is 0.643. The second-order valence-electron chi connectivity index (χ2n) is 11.5. The van der Waals surface area contributed by atoms with Gasteiger partial charge in [-0.25, -0.2) is 4.79 Å². The van der Waals surface area contributed by atoms with Gasteiger partial charge in [-0.2, -0.15) is 0 Å². The van der Waals surface area contributed by atoms with Gasteiger partial charge in [-0.05, 0) is 79.4 Å². The molecular weight excluding hydrogens is 472 g/mol. The summed E-state index contributed by atoms with van der Waals surface area (Å²) in [5.41, 5.74) is 6.35. The van der Waals surface area contributed by atoms with Crippen LogP contribution in [0.25, 0.3) is 0 Å². The number of benzene rings is 1. The van der Waals surface area contributed by atoms with E-state index in [9.17, 15) is 19.2 Å². The predicted octanol–water partition coefficient (Wildman–Crippen LogP) is 4.05. The van der Waals surface area contributed by atoms with Crippen molar-refractivity contribution in [3.05, 3.63) is 34.9 Å². The molecule has 0 aliphatic carbocycles. The summed E-state index contributed by atoms with van der Waals surface area (Å²) in [5, 5.41) is 5.58. The minimum atomic E-state index is -1.13. The lowest BCUT2D eigenvalue weighted by atomic mass is 9.91. The van der Waals surface area contributed by atoms with Crippen molar-refractivity contribution in [2.24, 2.45) is 5.73 Å². The van der Waals surface area contributed by atoms with Crippen LogP contribution in [0.3, 0.4) is 0 Å². The van der Waals surface area contributed by atoms with Crippen LogP contribution in [-0.2, 0) is 19.1 Å². The predicted molar refractivity (Wildman–Crippen MR) is 145 cm³/mol. The lowest BCUT2D eigenvalue weighted by molar-refractivity contribution is -0.148. The van der Waals surface area contributed by atoms with Crippen LogP contribution in [0.4, 0.5) is 4.79 Å². The lowest BCUT2D eigenvalue weighted by Gasteiger charge is -2.43. The van der Waals surface area contributed by atoms with Crippen LogP contribution in [0.15, 0.2) is 18.2 Å². The molecule has 0 saturated carbocycles. The SMILES string of the molecule is CCCCNC(=O)C(c1ccc(C)cc1C)N(C(=O)C(CCC(N)=O)NC(=O)OC(C)(C)C)C(C)(C)C. The van der Waals surface area contributed by atoms with E-state index in [0.29, 0.717) is 12.1 Å². The summed E-state index contributed by atoms with van der Waals surface area (Å²) >= 11 is 0. The summed E-state index contributed by atoms with van der Waals surface area (Å²) in [4.78, 5) is 53.5. The number of aryl methyl sites for hydroxylation is 2. The molecule has 9 heteroatoms. The van der Waals surface area contributed by atoms with Crippen molar-refractivity contribution >= 4 is 23.8 Å². The highest BCUT2D eigenvalue weighted by molar-refractivity contribution is 5.93. The van der Waals surface area contributed by atoms with Gasteiger partial charge in [0.2, 0.25) is 17.7 Å². The first kappa shape index (κ1) is 31.9. The normalized spacial score (nSPS) is 13.3. The van der Waals surface area contributed by atoms with Crippen molar-refractivity contribution in [2.75, 3.05) is 6.54 Å². The molecule has 0 heterocycles. The van der Waals surface area contributed by atoms with Crippen LogP contribution in [0, 0.1) is 13.8 Å². The summed E-state index contributed by atoms with van der Waals surface area (Å²) in [6.07, 6.45) is 0.763. The van der Waals surface area contributed by atoms with Crippen LogP contribution < -0.4 is 16.4 Å². The van der Waals surface area contributed by atoms with Gasteiger partial charge in [0.05, 0.1) is 0 Å². The molecule has 208 valence electrons. The lowest BCUT2D eigenvalue weighted by Crippen LogP contribution is -2.58. The van der Waals surface area contributed by atoms with E-state index in [2.05, 4.69) is 10.6 Å². The summed E-state index contributed by atoms with van der Waals surface area (Å²) in [6.45, 7) is 17.0. The van der Waals surface area contributed by atoms with Gasteiger partial charge in [0, 0.05) is 18.5 Å². The van der Waals surface area contributed by atoms with E-state index in [-0.39, 0.29) is 18.7 Å². The van der Waals surface area contributed by atoms with E-state index < -0.39 is 41.1 Å². The number of hydrogen-bond donors (Lipinski definition) is 3. The molecule has 4 amide bonds. The minimum Gasteiger partial charge on any atom is -0.444 e. The van der Waals surface area contributed by atoms with Gasteiger partial charge < -0.3 is 26.0 Å². The van der Waals surface area contributed by atoms with Crippen molar-refractivity contribution in [2.45, 2.75) is 111 Å². The van der Waals surface area contributed by atoms with Crippen LogP contribution in [-0.4, -0.2) is 52.4 Å². The highest BCUT2D eigenvalue weighted by Crippen LogP contribution is 2.32. The third-order valence-corrected chi connectivity index (χ3v) is 5.68. The van der Waals surface area contributed by atoms with Gasteiger partial charge in [-0.1, -0.05) is 37.1 Å². The standard InChI is InChI=1S/C28H46N4O5/c1-10-11-16-30-24(34)23(20-13-12-18(2)17-19(20)3)32(27(4,5)6)25(35)21(14-15-22(29)33)31-26(36)37-28(7,8)9/h12-13,17,21,23H,10-11,14-16H2,1-9H3,(H2,29,33)(H,30,34)(H,31,36). The molecule has 4 N–H and O–H groups in total. The Morgan fingerprint density at radius 1 is 1.05 bits per heavy atom. The fourth-order valence-corrected chi connectivity index (χ4v) is 4.02. The number of alkyl carbamates (subject to hydrolysis) is 1. The molecule has 0 aromatic heterocycles. The summed E-state index contributed by atoms with van der Waals surface area (Å²) in [7, 11) is 0. The average molecular weight is 519 g/mol.